The zero-order valence-corrected chi connectivity index (χ0v) is 16.3. The topological polar surface area (TPSA) is 108 Å². The van der Waals surface area contributed by atoms with Crippen molar-refractivity contribution in [2.45, 2.75) is 33.4 Å². The van der Waals surface area contributed by atoms with Crippen LogP contribution >= 0.6 is 11.6 Å². The minimum atomic E-state index is -0.728. The third-order valence-corrected chi connectivity index (χ3v) is 4.59. The van der Waals surface area contributed by atoms with Crippen LogP contribution in [0.1, 0.15) is 29.9 Å². The molecular formula is C18H19ClN6O3. The maximum Gasteiger partial charge on any atom is 0.309 e. The lowest BCUT2D eigenvalue weighted by Crippen LogP contribution is -2.24. The standard InChI is InChI=1S/C18H19ClN6O3/c1-11-8-17(22-23(11)9-14-4-6-15(19)7-5-14)20-18(26)13(3)24-10-16(25(27)28)12(2)21-24/h4-8,10,13H,9H2,1-3H3,(H,20,22,26). The van der Waals surface area contributed by atoms with Gasteiger partial charge in [-0.3, -0.25) is 24.3 Å². The first-order chi connectivity index (χ1) is 13.2. The summed E-state index contributed by atoms with van der Waals surface area (Å²) in [5.41, 5.74) is 2.04. The van der Waals surface area contributed by atoms with Crippen LogP contribution in [0.2, 0.25) is 5.02 Å². The second-order valence-corrected chi connectivity index (χ2v) is 6.89. The number of carbonyl (C=O) groups excluding carboxylic acids is 1. The van der Waals surface area contributed by atoms with Crippen LogP contribution in [0.3, 0.4) is 0 Å². The molecule has 0 spiro atoms. The van der Waals surface area contributed by atoms with Gasteiger partial charge in [0.15, 0.2) is 5.82 Å². The van der Waals surface area contributed by atoms with Crippen molar-refractivity contribution in [3.63, 3.8) is 0 Å². The zero-order valence-electron chi connectivity index (χ0n) is 15.6. The van der Waals surface area contributed by atoms with Crippen LogP contribution in [-0.4, -0.2) is 30.4 Å². The number of nitrogens with one attached hydrogen (secondary N) is 1. The number of aromatic nitrogens is 4. The molecule has 1 unspecified atom stereocenters. The number of rotatable bonds is 6. The molecule has 3 rings (SSSR count). The maximum atomic E-state index is 12.5. The Morgan fingerprint density at radius 1 is 1.29 bits per heavy atom. The summed E-state index contributed by atoms with van der Waals surface area (Å²) in [7, 11) is 0. The van der Waals surface area contributed by atoms with Gasteiger partial charge in [0.1, 0.15) is 17.9 Å². The van der Waals surface area contributed by atoms with Crippen LogP contribution in [0.4, 0.5) is 11.5 Å². The summed E-state index contributed by atoms with van der Waals surface area (Å²) in [6.45, 7) is 5.57. The van der Waals surface area contributed by atoms with Crippen LogP contribution in [-0.2, 0) is 11.3 Å². The molecule has 0 radical (unpaired) electrons. The first-order valence-electron chi connectivity index (χ1n) is 8.54. The fraction of sp³-hybridized carbons (Fsp3) is 0.278. The Morgan fingerprint density at radius 2 is 1.96 bits per heavy atom. The normalized spacial score (nSPS) is 12.0. The Labute approximate surface area is 166 Å². The summed E-state index contributed by atoms with van der Waals surface area (Å²) in [5.74, 6) is 0.0373. The molecule has 2 heterocycles. The average Bonchev–Trinajstić information content (AvgIpc) is 3.19. The number of nitro groups is 1. The molecule has 0 saturated heterocycles. The Morgan fingerprint density at radius 3 is 2.57 bits per heavy atom. The molecule has 0 aliphatic carbocycles. The van der Waals surface area contributed by atoms with Crippen molar-refractivity contribution in [2.75, 3.05) is 5.32 Å². The summed E-state index contributed by atoms with van der Waals surface area (Å²) in [5, 5.41) is 22.8. The number of hydrogen-bond acceptors (Lipinski definition) is 5. The number of anilines is 1. The van der Waals surface area contributed by atoms with Gasteiger partial charge in [-0.05, 0) is 38.5 Å². The predicted molar refractivity (Wildman–Crippen MR) is 104 cm³/mol. The fourth-order valence-electron chi connectivity index (χ4n) is 2.69. The van der Waals surface area contributed by atoms with Crippen molar-refractivity contribution in [3.8, 4) is 0 Å². The Balaban J connectivity index is 1.71. The van der Waals surface area contributed by atoms with E-state index in [4.69, 9.17) is 11.6 Å². The van der Waals surface area contributed by atoms with E-state index >= 15 is 0 Å². The first kappa shape index (κ1) is 19.6. The van der Waals surface area contributed by atoms with E-state index in [1.54, 1.807) is 17.7 Å². The van der Waals surface area contributed by atoms with Crippen LogP contribution in [0.5, 0.6) is 0 Å². The minimum Gasteiger partial charge on any atom is -0.307 e. The fourth-order valence-corrected chi connectivity index (χ4v) is 2.82. The molecule has 1 N–H and O–H groups in total. The lowest BCUT2D eigenvalue weighted by molar-refractivity contribution is -0.385. The van der Waals surface area contributed by atoms with Gasteiger partial charge >= 0.3 is 5.69 Å². The third-order valence-electron chi connectivity index (χ3n) is 4.34. The highest BCUT2D eigenvalue weighted by Gasteiger charge is 2.23. The highest BCUT2D eigenvalue weighted by atomic mass is 35.5. The number of hydrogen-bond donors (Lipinski definition) is 1. The maximum absolute atomic E-state index is 12.5. The molecule has 1 atom stereocenters. The molecule has 0 aliphatic rings. The summed E-state index contributed by atoms with van der Waals surface area (Å²) >= 11 is 5.90. The molecule has 0 aliphatic heterocycles. The molecule has 1 aromatic carbocycles. The Hall–Kier alpha value is -3.20. The largest absolute Gasteiger partial charge is 0.309 e. The Bertz CT molecular complexity index is 1020. The molecular weight excluding hydrogens is 384 g/mol. The van der Waals surface area contributed by atoms with Crippen molar-refractivity contribution >= 4 is 29.0 Å². The highest BCUT2D eigenvalue weighted by molar-refractivity contribution is 6.30. The number of benzene rings is 1. The number of carbonyl (C=O) groups is 1. The van der Waals surface area contributed by atoms with Gasteiger partial charge in [0.05, 0.1) is 11.5 Å². The molecule has 3 aromatic rings. The Kier molecular flexibility index (Phi) is 5.46. The van der Waals surface area contributed by atoms with Crippen LogP contribution in [0.25, 0.3) is 0 Å². The van der Waals surface area contributed by atoms with Gasteiger partial charge in [-0.1, -0.05) is 23.7 Å². The number of nitrogens with zero attached hydrogens (tertiary/aromatic N) is 5. The number of amides is 1. The van der Waals surface area contributed by atoms with E-state index in [-0.39, 0.29) is 17.3 Å². The van der Waals surface area contributed by atoms with E-state index in [0.717, 1.165) is 11.3 Å². The third kappa shape index (κ3) is 4.20. The lowest BCUT2D eigenvalue weighted by atomic mass is 10.2. The quantitative estimate of drug-likeness (QED) is 0.501. The monoisotopic (exact) mass is 402 g/mol. The average molecular weight is 403 g/mol. The summed E-state index contributed by atoms with van der Waals surface area (Å²) in [6.07, 6.45) is 1.25. The molecule has 0 bridgehead atoms. The van der Waals surface area contributed by atoms with Crippen LogP contribution < -0.4 is 5.32 Å². The van der Waals surface area contributed by atoms with E-state index in [0.29, 0.717) is 17.4 Å². The van der Waals surface area contributed by atoms with Crippen LogP contribution in [0.15, 0.2) is 36.5 Å². The molecule has 0 saturated carbocycles. The molecule has 28 heavy (non-hydrogen) atoms. The van der Waals surface area contributed by atoms with Gasteiger partial charge in [-0.2, -0.15) is 10.2 Å². The van der Waals surface area contributed by atoms with Crippen LogP contribution in [0, 0.1) is 24.0 Å². The smallest absolute Gasteiger partial charge is 0.307 e. The van der Waals surface area contributed by atoms with Gasteiger partial charge in [0.2, 0.25) is 5.91 Å². The van der Waals surface area contributed by atoms with E-state index in [2.05, 4.69) is 15.5 Å². The van der Waals surface area contributed by atoms with Gasteiger partial charge < -0.3 is 5.32 Å². The molecule has 1 amide bonds. The van der Waals surface area contributed by atoms with Gasteiger partial charge in [-0.25, -0.2) is 0 Å². The summed E-state index contributed by atoms with van der Waals surface area (Å²) < 4.78 is 3.05. The van der Waals surface area contributed by atoms with E-state index in [1.165, 1.54) is 17.8 Å². The van der Waals surface area contributed by atoms with Gasteiger partial charge in [0.25, 0.3) is 0 Å². The highest BCUT2D eigenvalue weighted by Crippen LogP contribution is 2.20. The number of halogens is 1. The minimum absolute atomic E-state index is 0.122. The van der Waals surface area contributed by atoms with E-state index in [9.17, 15) is 14.9 Å². The zero-order chi connectivity index (χ0) is 20.4. The summed E-state index contributed by atoms with van der Waals surface area (Å²) in [4.78, 5) is 23.0. The second kappa shape index (κ2) is 7.81. The van der Waals surface area contributed by atoms with E-state index < -0.39 is 11.0 Å². The molecule has 2 aromatic heterocycles. The van der Waals surface area contributed by atoms with Crippen molar-refractivity contribution < 1.29 is 9.72 Å². The van der Waals surface area contributed by atoms with E-state index in [1.807, 2.05) is 31.2 Å². The number of aryl methyl sites for hydroxylation is 2. The van der Waals surface area contributed by atoms with Crippen molar-refractivity contribution in [3.05, 3.63) is 68.6 Å². The van der Waals surface area contributed by atoms with Gasteiger partial charge in [0, 0.05) is 16.8 Å². The first-order valence-corrected chi connectivity index (χ1v) is 8.92. The summed E-state index contributed by atoms with van der Waals surface area (Å²) in [6, 6.07) is 8.48. The van der Waals surface area contributed by atoms with Crippen molar-refractivity contribution in [2.24, 2.45) is 0 Å². The lowest BCUT2D eigenvalue weighted by Gasteiger charge is -2.10. The predicted octanol–water partition coefficient (Wildman–Crippen LogP) is 3.51. The molecule has 0 fully saturated rings. The molecule has 10 heteroatoms. The van der Waals surface area contributed by atoms with Crippen molar-refractivity contribution in [1.29, 1.82) is 0 Å². The van der Waals surface area contributed by atoms with Crippen molar-refractivity contribution in [1.82, 2.24) is 19.6 Å². The van der Waals surface area contributed by atoms with Gasteiger partial charge in [-0.15, -0.1) is 0 Å². The second-order valence-electron chi connectivity index (χ2n) is 6.46. The molecule has 146 valence electrons. The SMILES string of the molecule is Cc1nn(C(C)C(=O)Nc2cc(C)n(Cc3ccc(Cl)cc3)n2)cc1[N+](=O)[O-]. The molecule has 9 nitrogen and oxygen atoms in total.